The summed E-state index contributed by atoms with van der Waals surface area (Å²) in [6, 6.07) is 8.12. The highest BCUT2D eigenvalue weighted by atomic mass is 16.4. The molecule has 0 amide bonds. The zero-order chi connectivity index (χ0) is 10.5. The summed E-state index contributed by atoms with van der Waals surface area (Å²) >= 11 is 0. The number of benzene rings is 1. The van der Waals surface area contributed by atoms with Crippen LogP contribution in [0.15, 0.2) is 30.2 Å². The van der Waals surface area contributed by atoms with Crippen LogP contribution >= 0.6 is 0 Å². The number of fused-ring (bicyclic) bond motifs is 1. The van der Waals surface area contributed by atoms with Gasteiger partial charge in [0.15, 0.2) is 0 Å². The highest BCUT2D eigenvalue weighted by molar-refractivity contribution is 6.66. The third-order valence-electron chi connectivity index (χ3n) is 2.43. The zero-order valence-corrected chi connectivity index (χ0v) is 9.02. The molecule has 1 heterocycles. The van der Waals surface area contributed by atoms with E-state index in [0.717, 1.165) is 25.1 Å². The molecule has 0 saturated heterocycles. The molecular formula is C12H15BNO-. The third kappa shape index (κ3) is 2.63. The Labute approximate surface area is 91.5 Å². The fourth-order valence-electron chi connectivity index (χ4n) is 1.55. The van der Waals surface area contributed by atoms with Gasteiger partial charge in [-0.25, -0.2) is 0 Å². The van der Waals surface area contributed by atoms with Gasteiger partial charge in [0, 0.05) is 6.61 Å². The molecule has 2 nitrogen and oxygen atoms in total. The van der Waals surface area contributed by atoms with Crippen LogP contribution in [0.4, 0.5) is 5.69 Å². The van der Waals surface area contributed by atoms with Gasteiger partial charge in [-0.3, -0.25) is 0 Å². The molecule has 1 aliphatic rings. The second kappa shape index (κ2) is 5.03. The van der Waals surface area contributed by atoms with Crippen LogP contribution in [0.5, 0.6) is 0 Å². The molecule has 0 radical (unpaired) electrons. The molecule has 15 heavy (non-hydrogen) atoms. The van der Waals surface area contributed by atoms with Gasteiger partial charge in [0.25, 0.3) is 0 Å². The lowest BCUT2D eigenvalue weighted by molar-refractivity contribution is 0.321. The van der Waals surface area contributed by atoms with Gasteiger partial charge < -0.3 is 9.88 Å². The molecule has 3 heteroatoms. The fourth-order valence-corrected chi connectivity index (χ4v) is 1.55. The van der Waals surface area contributed by atoms with Gasteiger partial charge in [-0.2, -0.15) is 0 Å². The number of hydrogen-bond acceptors (Lipinski definition) is 1. The molecule has 0 unspecified atom stereocenters. The molecule has 0 N–H and O–H groups in total. The van der Waals surface area contributed by atoms with E-state index in [1.807, 2.05) is 24.2 Å². The first-order valence-electron chi connectivity index (χ1n) is 5.50. The Morgan fingerprint density at radius 3 is 3.07 bits per heavy atom. The van der Waals surface area contributed by atoms with Gasteiger partial charge in [0.1, 0.15) is 0 Å². The second-order valence-electron chi connectivity index (χ2n) is 3.66. The molecule has 1 aromatic rings. The normalized spacial score (nSPS) is 13.5. The first-order chi connectivity index (χ1) is 7.40. The Kier molecular flexibility index (Phi) is 3.46. The average Bonchev–Trinajstić information content (AvgIpc) is 2.29. The number of rotatable bonds is 4. The molecule has 0 aromatic heterocycles. The quantitative estimate of drug-likeness (QED) is 0.538. The van der Waals surface area contributed by atoms with Crippen LogP contribution in [-0.4, -0.2) is 13.7 Å². The van der Waals surface area contributed by atoms with Crippen molar-refractivity contribution in [3.63, 3.8) is 0 Å². The lowest BCUT2D eigenvalue weighted by Gasteiger charge is -2.32. The van der Waals surface area contributed by atoms with Gasteiger partial charge in [-0.1, -0.05) is 43.7 Å². The number of unbranched alkanes of at least 4 members (excludes halogenated alkanes) is 1. The fraction of sp³-hybridized carbons (Fsp3) is 0.333. The van der Waals surface area contributed by atoms with Gasteiger partial charge in [0.05, 0.1) is 0 Å². The van der Waals surface area contributed by atoms with E-state index in [0.29, 0.717) is 0 Å². The summed E-state index contributed by atoms with van der Waals surface area (Å²) in [6.45, 7) is 2.95. The van der Waals surface area contributed by atoms with Crippen molar-refractivity contribution in [2.45, 2.75) is 19.8 Å². The highest BCUT2D eigenvalue weighted by Gasteiger charge is 2.04. The smallest absolute Gasteiger partial charge is 0.215 e. The molecule has 1 aromatic carbocycles. The van der Waals surface area contributed by atoms with E-state index in [1.165, 1.54) is 5.56 Å². The molecule has 0 spiro atoms. The summed E-state index contributed by atoms with van der Waals surface area (Å²) in [6.07, 6.45) is 4.34. The van der Waals surface area contributed by atoms with E-state index in [-0.39, 0.29) is 7.05 Å². The minimum absolute atomic E-state index is 0.0913. The molecule has 0 fully saturated rings. The summed E-state index contributed by atoms with van der Waals surface area (Å²) in [5, 5.41) is 4.51. The minimum atomic E-state index is -0.0913. The lowest BCUT2D eigenvalue weighted by atomic mass is 9.78. The van der Waals surface area contributed by atoms with Gasteiger partial charge in [-0.05, 0) is 12.0 Å². The first kappa shape index (κ1) is 10.3. The maximum absolute atomic E-state index is 5.63. The maximum Gasteiger partial charge on any atom is 0.215 e. The van der Waals surface area contributed by atoms with Crippen LogP contribution in [-0.2, 0) is 4.65 Å². The van der Waals surface area contributed by atoms with Crippen molar-refractivity contribution in [2.24, 2.45) is 0 Å². The van der Waals surface area contributed by atoms with Gasteiger partial charge in [-0.15, -0.1) is 11.7 Å². The second-order valence-corrected chi connectivity index (χ2v) is 3.66. The summed E-state index contributed by atoms with van der Waals surface area (Å²) in [5.74, 6) is 2.01. The van der Waals surface area contributed by atoms with Crippen molar-refractivity contribution >= 4 is 18.8 Å². The Bertz CT molecular complexity index is 351. The summed E-state index contributed by atoms with van der Waals surface area (Å²) < 4.78 is 5.63. The Morgan fingerprint density at radius 2 is 2.20 bits per heavy atom. The van der Waals surface area contributed by atoms with Crippen molar-refractivity contribution in [2.75, 3.05) is 6.61 Å². The summed E-state index contributed by atoms with van der Waals surface area (Å²) in [4.78, 5) is 0. The highest BCUT2D eigenvalue weighted by Crippen LogP contribution is 2.30. The van der Waals surface area contributed by atoms with E-state index in [1.54, 1.807) is 0 Å². The molecule has 0 aliphatic carbocycles. The van der Waals surface area contributed by atoms with Crippen LogP contribution < -0.4 is 0 Å². The van der Waals surface area contributed by atoms with Crippen LogP contribution in [0.2, 0.25) is 0 Å². The van der Waals surface area contributed by atoms with E-state index >= 15 is 0 Å². The largest absolute Gasteiger partial charge is 0.679 e. The van der Waals surface area contributed by atoms with E-state index in [4.69, 9.17) is 4.65 Å². The third-order valence-corrected chi connectivity index (χ3v) is 2.43. The first-order valence-corrected chi connectivity index (χ1v) is 5.50. The molecule has 0 atom stereocenters. The maximum atomic E-state index is 5.63. The Balaban J connectivity index is 1.94. The molecule has 0 bridgehead atoms. The molecular weight excluding hydrogens is 185 g/mol. The number of hydrogen-bond donors (Lipinski definition) is 0. The Hall–Kier alpha value is -1.22. The minimum Gasteiger partial charge on any atom is -0.679 e. The zero-order valence-electron chi connectivity index (χ0n) is 9.02. The van der Waals surface area contributed by atoms with Crippen molar-refractivity contribution in [3.8, 4) is 0 Å². The molecule has 2 rings (SSSR count). The predicted molar refractivity (Wildman–Crippen MR) is 65.1 cm³/mol. The van der Waals surface area contributed by atoms with Crippen molar-refractivity contribution < 1.29 is 4.65 Å². The summed E-state index contributed by atoms with van der Waals surface area (Å²) in [5.41, 5.74) is 2.20. The molecule has 78 valence electrons. The van der Waals surface area contributed by atoms with Crippen LogP contribution in [0, 0.1) is 0 Å². The average molecular weight is 200 g/mol. The summed E-state index contributed by atoms with van der Waals surface area (Å²) in [7, 11) is -0.0913. The van der Waals surface area contributed by atoms with Crippen molar-refractivity contribution in [1.29, 1.82) is 0 Å². The van der Waals surface area contributed by atoms with E-state index < -0.39 is 0 Å². The van der Waals surface area contributed by atoms with Crippen molar-refractivity contribution in [1.82, 2.24) is 0 Å². The lowest BCUT2D eigenvalue weighted by Crippen LogP contribution is -2.16. The van der Waals surface area contributed by atoms with Crippen molar-refractivity contribution in [3.05, 3.63) is 41.0 Å². The standard InChI is InChI=1S/C12H15BNO/c1-2-3-10-15-13-9-8-11-6-4-5-7-12(11)14-13/h4-9H,2-3,10H2,1H3/q-1. The SMILES string of the molecule is CCCCOB1C=Cc2ccccc2[N-]1. The molecule has 1 aliphatic heterocycles. The van der Waals surface area contributed by atoms with Crippen LogP contribution in [0.3, 0.4) is 0 Å². The van der Waals surface area contributed by atoms with Gasteiger partial charge in [0.2, 0.25) is 7.05 Å². The monoisotopic (exact) mass is 200 g/mol. The van der Waals surface area contributed by atoms with E-state index in [9.17, 15) is 0 Å². The van der Waals surface area contributed by atoms with Crippen LogP contribution in [0.25, 0.3) is 11.3 Å². The van der Waals surface area contributed by atoms with Gasteiger partial charge >= 0.3 is 0 Å². The predicted octanol–water partition coefficient (Wildman–Crippen LogP) is 3.56. The topological polar surface area (TPSA) is 23.3 Å². The van der Waals surface area contributed by atoms with Crippen LogP contribution in [0.1, 0.15) is 25.3 Å². The Morgan fingerprint density at radius 1 is 1.33 bits per heavy atom. The van der Waals surface area contributed by atoms with E-state index in [2.05, 4.69) is 24.3 Å². The molecule has 0 saturated carbocycles. The number of nitrogens with zero attached hydrogens (tertiary/aromatic N) is 1.